The standard InChI is InChI=1S/C15H22O4/c16-14(4-3-13-2-1-7-18-13)12-5-8-19-15(10-12)6-9-17-11-15/h1-2,7,12,14,16H,3-6,8-11H2. The normalized spacial score (nSPS) is 32.8. The molecule has 3 atom stereocenters. The highest BCUT2D eigenvalue weighted by atomic mass is 16.6. The Morgan fingerprint density at radius 2 is 2.37 bits per heavy atom. The van der Waals surface area contributed by atoms with E-state index in [1.807, 2.05) is 12.1 Å². The molecular formula is C15H22O4. The second kappa shape index (κ2) is 5.65. The van der Waals surface area contributed by atoms with E-state index in [4.69, 9.17) is 13.9 Å². The van der Waals surface area contributed by atoms with E-state index in [0.717, 1.165) is 51.1 Å². The lowest BCUT2D eigenvalue weighted by atomic mass is 9.81. The van der Waals surface area contributed by atoms with E-state index in [9.17, 15) is 5.11 Å². The maximum absolute atomic E-state index is 10.4. The Balaban J connectivity index is 1.52. The first-order valence-corrected chi connectivity index (χ1v) is 7.20. The monoisotopic (exact) mass is 266 g/mol. The minimum atomic E-state index is -0.272. The largest absolute Gasteiger partial charge is 0.469 e. The molecule has 0 amide bonds. The van der Waals surface area contributed by atoms with Crippen LogP contribution in [0.2, 0.25) is 0 Å². The van der Waals surface area contributed by atoms with Gasteiger partial charge in [-0.3, -0.25) is 0 Å². The summed E-state index contributed by atoms with van der Waals surface area (Å²) in [5.74, 6) is 1.27. The van der Waals surface area contributed by atoms with Gasteiger partial charge < -0.3 is 19.0 Å². The lowest BCUT2D eigenvalue weighted by Crippen LogP contribution is -2.43. The molecule has 4 heteroatoms. The third-order valence-corrected chi connectivity index (χ3v) is 4.41. The zero-order chi connectivity index (χ0) is 13.1. The quantitative estimate of drug-likeness (QED) is 0.907. The molecule has 1 spiro atoms. The fourth-order valence-corrected chi connectivity index (χ4v) is 3.24. The highest BCUT2D eigenvalue weighted by Gasteiger charge is 2.42. The van der Waals surface area contributed by atoms with Crippen LogP contribution in [-0.4, -0.2) is 36.6 Å². The Morgan fingerprint density at radius 1 is 1.42 bits per heavy atom. The van der Waals surface area contributed by atoms with E-state index in [-0.39, 0.29) is 11.7 Å². The molecule has 0 aromatic carbocycles. The Hall–Kier alpha value is -0.840. The van der Waals surface area contributed by atoms with Crippen LogP contribution in [0.5, 0.6) is 0 Å². The molecule has 4 nitrogen and oxygen atoms in total. The summed E-state index contributed by atoms with van der Waals surface area (Å²) in [6.07, 6.45) is 5.80. The molecule has 2 aliphatic heterocycles. The first-order chi connectivity index (χ1) is 9.27. The van der Waals surface area contributed by atoms with Crippen LogP contribution in [0.1, 0.15) is 31.4 Å². The lowest BCUT2D eigenvalue weighted by molar-refractivity contribution is -0.117. The average Bonchev–Trinajstić information content (AvgIpc) is 3.08. The van der Waals surface area contributed by atoms with Crippen LogP contribution in [-0.2, 0) is 15.9 Å². The average molecular weight is 266 g/mol. The lowest BCUT2D eigenvalue weighted by Gasteiger charge is -2.39. The van der Waals surface area contributed by atoms with E-state index in [0.29, 0.717) is 12.5 Å². The van der Waals surface area contributed by atoms with Gasteiger partial charge in [0.1, 0.15) is 5.76 Å². The molecule has 3 rings (SSSR count). The number of ether oxygens (including phenoxy) is 2. The van der Waals surface area contributed by atoms with Crippen molar-refractivity contribution in [1.82, 2.24) is 0 Å². The second-order valence-electron chi connectivity index (χ2n) is 5.77. The van der Waals surface area contributed by atoms with Gasteiger partial charge in [-0.1, -0.05) is 0 Å². The SMILES string of the molecule is OC(CCc1ccco1)C1CCOC2(CCOC2)C1. The predicted octanol–water partition coefficient (Wildman–Crippen LogP) is 2.16. The maximum Gasteiger partial charge on any atom is 0.103 e. The van der Waals surface area contributed by atoms with Crippen LogP contribution in [0.25, 0.3) is 0 Å². The van der Waals surface area contributed by atoms with Gasteiger partial charge in [0.2, 0.25) is 0 Å². The first-order valence-electron chi connectivity index (χ1n) is 7.20. The third-order valence-electron chi connectivity index (χ3n) is 4.41. The van der Waals surface area contributed by atoms with Crippen molar-refractivity contribution in [2.45, 2.75) is 43.8 Å². The molecule has 2 aliphatic rings. The van der Waals surface area contributed by atoms with Crippen LogP contribution in [0.15, 0.2) is 22.8 Å². The number of hydrogen-bond donors (Lipinski definition) is 1. The van der Waals surface area contributed by atoms with Gasteiger partial charge in [-0.15, -0.1) is 0 Å². The van der Waals surface area contributed by atoms with Crippen molar-refractivity contribution in [2.75, 3.05) is 19.8 Å². The Kier molecular flexibility index (Phi) is 3.91. The van der Waals surface area contributed by atoms with E-state index in [1.54, 1.807) is 6.26 Å². The smallest absolute Gasteiger partial charge is 0.103 e. The molecule has 0 bridgehead atoms. The van der Waals surface area contributed by atoms with Gasteiger partial charge in [0.25, 0.3) is 0 Å². The fourth-order valence-electron chi connectivity index (χ4n) is 3.24. The maximum atomic E-state index is 10.4. The number of aliphatic hydroxyl groups excluding tert-OH is 1. The third kappa shape index (κ3) is 3.02. The molecule has 0 saturated carbocycles. The van der Waals surface area contributed by atoms with Crippen LogP contribution in [0.3, 0.4) is 0 Å². The predicted molar refractivity (Wildman–Crippen MR) is 69.9 cm³/mol. The molecule has 2 saturated heterocycles. The molecule has 2 fully saturated rings. The summed E-state index contributed by atoms with van der Waals surface area (Å²) in [4.78, 5) is 0. The van der Waals surface area contributed by atoms with Gasteiger partial charge in [-0.05, 0) is 37.3 Å². The van der Waals surface area contributed by atoms with Crippen molar-refractivity contribution in [3.8, 4) is 0 Å². The summed E-state index contributed by atoms with van der Waals surface area (Å²) >= 11 is 0. The molecule has 3 unspecified atom stereocenters. The number of furan rings is 1. The molecule has 0 aliphatic carbocycles. The van der Waals surface area contributed by atoms with Crippen molar-refractivity contribution >= 4 is 0 Å². The highest BCUT2D eigenvalue weighted by Crippen LogP contribution is 2.37. The minimum absolute atomic E-state index is 0.116. The molecule has 1 aromatic rings. The zero-order valence-electron chi connectivity index (χ0n) is 11.2. The van der Waals surface area contributed by atoms with Crippen molar-refractivity contribution in [3.63, 3.8) is 0 Å². The van der Waals surface area contributed by atoms with Crippen molar-refractivity contribution in [2.24, 2.45) is 5.92 Å². The van der Waals surface area contributed by atoms with E-state index < -0.39 is 0 Å². The summed E-state index contributed by atoms with van der Waals surface area (Å²) in [5, 5.41) is 10.4. The van der Waals surface area contributed by atoms with Crippen LogP contribution in [0.4, 0.5) is 0 Å². The van der Waals surface area contributed by atoms with Crippen molar-refractivity contribution < 1.29 is 19.0 Å². The topological polar surface area (TPSA) is 51.8 Å². The molecular weight excluding hydrogens is 244 g/mol. The number of hydrogen-bond acceptors (Lipinski definition) is 4. The summed E-state index contributed by atoms with van der Waals surface area (Å²) in [7, 11) is 0. The van der Waals surface area contributed by atoms with E-state index >= 15 is 0 Å². The highest BCUT2D eigenvalue weighted by molar-refractivity contribution is 4.99. The van der Waals surface area contributed by atoms with E-state index in [2.05, 4.69) is 0 Å². The minimum Gasteiger partial charge on any atom is -0.469 e. The fraction of sp³-hybridized carbons (Fsp3) is 0.733. The van der Waals surface area contributed by atoms with Crippen molar-refractivity contribution in [1.29, 1.82) is 0 Å². The Bertz CT molecular complexity index is 381. The molecule has 1 aromatic heterocycles. The van der Waals surface area contributed by atoms with Crippen molar-refractivity contribution in [3.05, 3.63) is 24.2 Å². The molecule has 106 valence electrons. The number of rotatable bonds is 4. The second-order valence-corrected chi connectivity index (χ2v) is 5.77. The van der Waals surface area contributed by atoms with Crippen LogP contribution >= 0.6 is 0 Å². The Labute approximate surface area is 113 Å². The van der Waals surface area contributed by atoms with Gasteiger partial charge in [-0.2, -0.15) is 0 Å². The first kappa shape index (κ1) is 13.2. The van der Waals surface area contributed by atoms with Gasteiger partial charge in [-0.25, -0.2) is 0 Å². The van der Waals surface area contributed by atoms with Gasteiger partial charge >= 0.3 is 0 Å². The van der Waals surface area contributed by atoms with E-state index in [1.165, 1.54) is 0 Å². The molecule has 19 heavy (non-hydrogen) atoms. The van der Waals surface area contributed by atoms with Gasteiger partial charge in [0, 0.05) is 26.1 Å². The van der Waals surface area contributed by atoms with Crippen LogP contribution in [0, 0.1) is 5.92 Å². The molecule has 1 N–H and O–H groups in total. The number of aliphatic hydroxyl groups is 1. The Morgan fingerprint density at radius 3 is 3.11 bits per heavy atom. The zero-order valence-corrected chi connectivity index (χ0v) is 11.2. The van der Waals surface area contributed by atoms with Crippen LogP contribution < -0.4 is 0 Å². The van der Waals surface area contributed by atoms with Gasteiger partial charge in [0.15, 0.2) is 0 Å². The number of aryl methyl sites for hydroxylation is 1. The molecule has 0 radical (unpaired) electrons. The summed E-state index contributed by atoms with van der Waals surface area (Å²) < 4.78 is 16.7. The summed E-state index contributed by atoms with van der Waals surface area (Å²) in [6, 6.07) is 3.85. The summed E-state index contributed by atoms with van der Waals surface area (Å²) in [5.41, 5.74) is -0.116. The molecule has 3 heterocycles. The van der Waals surface area contributed by atoms with Gasteiger partial charge in [0.05, 0.1) is 24.6 Å². The summed E-state index contributed by atoms with van der Waals surface area (Å²) in [6.45, 7) is 2.22.